The Bertz CT molecular complexity index is 661. The lowest BCUT2D eigenvalue weighted by Crippen LogP contribution is -2.48. The summed E-state index contributed by atoms with van der Waals surface area (Å²) in [5.74, 6) is -3.06. The number of carboxylic acid groups (broad SMARTS) is 2. The number of aromatic nitrogens is 1. The lowest BCUT2D eigenvalue weighted by atomic mass is 9.94. The highest BCUT2D eigenvalue weighted by molar-refractivity contribution is 6.02. The zero-order valence-corrected chi connectivity index (χ0v) is 10.6. The third-order valence-electron chi connectivity index (χ3n) is 3.13. The predicted octanol–water partition coefficient (Wildman–Crippen LogP) is 0.619. The molecule has 0 atom stereocenters. The van der Waals surface area contributed by atoms with Crippen LogP contribution in [0.15, 0.2) is 24.4 Å². The molecule has 2 aromatic rings. The summed E-state index contributed by atoms with van der Waals surface area (Å²) >= 11 is 0. The maximum absolute atomic E-state index is 11.0. The van der Waals surface area contributed by atoms with E-state index in [4.69, 9.17) is 14.9 Å². The van der Waals surface area contributed by atoms with Crippen LogP contribution < -0.4 is 4.74 Å². The van der Waals surface area contributed by atoms with Crippen LogP contribution in [0.4, 0.5) is 0 Å². The van der Waals surface area contributed by atoms with Crippen molar-refractivity contribution in [2.75, 3.05) is 7.11 Å². The van der Waals surface area contributed by atoms with Gasteiger partial charge < -0.3 is 25.0 Å². The Labute approximate surface area is 113 Å². The van der Waals surface area contributed by atoms with E-state index in [1.165, 1.54) is 13.3 Å². The molecule has 0 aliphatic carbocycles. The van der Waals surface area contributed by atoms with E-state index in [1.54, 1.807) is 18.2 Å². The first-order valence-corrected chi connectivity index (χ1v) is 5.71. The molecule has 1 heterocycles. The second-order valence-electron chi connectivity index (χ2n) is 4.37. The smallest absolute Gasteiger partial charge is 0.347 e. The average Bonchev–Trinajstić information content (AvgIpc) is 2.80. The van der Waals surface area contributed by atoms with Crippen molar-refractivity contribution in [2.24, 2.45) is 0 Å². The first-order chi connectivity index (χ1) is 9.38. The number of hydrogen-bond acceptors (Lipinski definition) is 4. The van der Waals surface area contributed by atoms with Crippen LogP contribution in [0.5, 0.6) is 5.75 Å². The van der Waals surface area contributed by atoms with Crippen molar-refractivity contribution in [1.82, 2.24) is 4.98 Å². The first kappa shape index (κ1) is 13.9. The number of aliphatic hydroxyl groups is 1. The maximum atomic E-state index is 11.0. The first-order valence-electron chi connectivity index (χ1n) is 5.71. The molecule has 7 heteroatoms. The Kier molecular flexibility index (Phi) is 3.37. The van der Waals surface area contributed by atoms with Gasteiger partial charge in [0.15, 0.2) is 0 Å². The fourth-order valence-corrected chi connectivity index (χ4v) is 1.95. The van der Waals surface area contributed by atoms with Crippen molar-refractivity contribution in [2.45, 2.75) is 12.0 Å². The zero-order chi connectivity index (χ0) is 14.9. The number of fused-ring (bicyclic) bond motifs is 1. The summed E-state index contributed by atoms with van der Waals surface area (Å²) in [7, 11) is 1.48. The van der Waals surface area contributed by atoms with Crippen molar-refractivity contribution in [1.29, 1.82) is 0 Å². The quantitative estimate of drug-likeness (QED) is 0.595. The van der Waals surface area contributed by atoms with Crippen molar-refractivity contribution >= 4 is 22.8 Å². The molecule has 0 fully saturated rings. The van der Waals surface area contributed by atoms with Gasteiger partial charge in [0.25, 0.3) is 5.60 Å². The zero-order valence-electron chi connectivity index (χ0n) is 10.6. The van der Waals surface area contributed by atoms with Crippen molar-refractivity contribution in [3.05, 3.63) is 30.0 Å². The fourth-order valence-electron chi connectivity index (χ4n) is 1.95. The van der Waals surface area contributed by atoms with Crippen molar-refractivity contribution in [3.8, 4) is 5.75 Å². The molecule has 20 heavy (non-hydrogen) atoms. The van der Waals surface area contributed by atoms with E-state index in [0.29, 0.717) is 22.2 Å². The SMILES string of the molecule is COc1ccc2[nH]cc(CC(O)(C(=O)O)C(=O)O)c2c1. The number of hydrogen-bond donors (Lipinski definition) is 4. The van der Waals surface area contributed by atoms with E-state index in [0.717, 1.165) is 0 Å². The summed E-state index contributed by atoms with van der Waals surface area (Å²) in [6, 6.07) is 5.08. The fraction of sp³-hybridized carbons (Fsp3) is 0.231. The molecule has 4 N–H and O–H groups in total. The monoisotopic (exact) mass is 279 g/mol. The van der Waals surface area contributed by atoms with Gasteiger partial charge in [-0.1, -0.05) is 0 Å². The molecule has 0 spiro atoms. The van der Waals surface area contributed by atoms with E-state index in [1.807, 2.05) is 0 Å². The lowest BCUT2D eigenvalue weighted by molar-refractivity contribution is -0.175. The summed E-state index contributed by atoms with van der Waals surface area (Å²) in [6.07, 6.45) is 0.922. The molecule has 0 amide bonds. The van der Waals surface area contributed by atoms with Crippen LogP contribution in [0.1, 0.15) is 5.56 Å². The van der Waals surface area contributed by atoms with Gasteiger partial charge in [0.2, 0.25) is 0 Å². The van der Waals surface area contributed by atoms with E-state index < -0.39 is 24.0 Å². The van der Waals surface area contributed by atoms with Gasteiger partial charge in [-0.05, 0) is 23.8 Å². The summed E-state index contributed by atoms with van der Waals surface area (Å²) in [5.41, 5.74) is -1.79. The Balaban J connectivity index is 2.48. The van der Waals surface area contributed by atoms with Crippen LogP contribution >= 0.6 is 0 Å². The minimum atomic E-state index is -2.86. The molecule has 1 aromatic carbocycles. The lowest BCUT2D eigenvalue weighted by Gasteiger charge is -2.17. The van der Waals surface area contributed by atoms with Gasteiger partial charge in [-0.3, -0.25) is 0 Å². The molecule has 0 saturated carbocycles. The van der Waals surface area contributed by atoms with Crippen LogP contribution in [0, 0.1) is 0 Å². The van der Waals surface area contributed by atoms with Gasteiger partial charge in [-0.2, -0.15) is 0 Å². The van der Waals surface area contributed by atoms with Crippen LogP contribution in [0.2, 0.25) is 0 Å². The summed E-state index contributed by atoms with van der Waals surface area (Å²) < 4.78 is 5.06. The normalized spacial score (nSPS) is 11.5. The molecular formula is C13H13NO6. The number of aliphatic carboxylic acids is 2. The minimum absolute atomic E-state index is 0.381. The number of carboxylic acids is 2. The standard InChI is InChI=1S/C13H13NO6/c1-20-8-2-3-10-9(4-8)7(6-14-10)5-13(19,11(15)16)12(17)18/h2-4,6,14,19H,5H2,1H3,(H,15,16)(H,17,18). The topological polar surface area (TPSA) is 120 Å². The molecular weight excluding hydrogens is 266 g/mol. The van der Waals surface area contributed by atoms with Gasteiger partial charge in [-0.25, -0.2) is 9.59 Å². The largest absolute Gasteiger partial charge is 0.497 e. The Morgan fingerprint density at radius 3 is 2.50 bits per heavy atom. The van der Waals surface area contributed by atoms with E-state index in [2.05, 4.69) is 4.98 Å². The van der Waals surface area contributed by atoms with Crippen molar-refractivity contribution < 1.29 is 29.6 Å². The molecule has 0 radical (unpaired) electrons. The Morgan fingerprint density at radius 2 is 1.95 bits per heavy atom. The van der Waals surface area contributed by atoms with Gasteiger partial charge in [-0.15, -0.1) is 0 Å². The number of aromatic amines is 1. The second kappa shape index (κ2) is 4.86. The van der Waals surface area contributed by atoms with Crippen LogP contribution in [-0.4, -0.2) is 45.0 Å². The Hall–Kier alpha value is -2.54. The van der Waals surface area contributed by atoms with E-state index in [9.17, 15) is 14.7 Å². The molecule has 2 rings (SSSR count). The number of H-pyrrole nitrogens is 1. The van der Waals surface area contributed by atoms with Gasteiger partial charge >= 0.3 is 11.9 Å². The molecule has 106 valence electrons. The van der Waals surface area contributed by atoms with Gasteiger partial charge in [0.05, 0.1) is 7.11 Å². The number of nitrogens with one attached hydrogen (secondary N) is 1. The maximum Gasteiger partial charge on any atom is 0.347 e. The third kappa shape index (κ3) is 2.19. The van der Waals surface area contributed by atoms with E-state index >= 15 is 0 Å². The highest BCUT2D eigenvalue weighted by Gasteiger charge is 2.45. The molecule has 1 aromatic heterocycles. The Morgan fingerprint density at radius 1 is 1.30 bits per heavy atom. The van der Waals surface area contributed by atoms with E-state index in [-0.39, 0.29) is 0 Å². The molecule has 0 unspecified atom stereocenters. The molecule has 7 nitrogen and oxygen atoms in total. The molecule has 0 bridgehead atoms. The minimum Gasteiger partial charge on any atom is -0.497 e. The molecule has 0 saturated heterocycles. The summed E-state index contributed by atoms with van der Waals surface area (Å²) in [4.78, 5) is 24.9. The molecule has 0 aliphatic heterocycles. The molecule has 0 aliphatic rings. The van der Waals surface area contributed by atoms with Crippen LogP contribution in [0.3, 0.4) is 0 Å². The van der Waals surface area contributed by atoms with Gasteiger partial charge in [0.1, 0.15) is 5.75 Å². The number of carbonyl (C=O) groups is 2. The highest BCUT2D eigenvalue weighted by atomic mass is 16.5. The second-order valence-corrected chi connectivity index (χ2v) is 4.37. The number of methoxy groups -OCH3 is 1. The summed E-state index contributed by atoms with van der Waals surface area (Å²) in [6.45, 7) is 0. The van der Waals surface area contributed by atoms with Crippen LogP contribution in [0.25, 0.3) is 10.9 Å². The predicted molar refractivity (Wildman–Crippen MR) is 68.8 cm³/mol. The van der Waals surface area contributed by atoms with Crippen molar-refractivity contribution in [3.63, 3.8) is 0 Å². The number of benzene rings is 1. The number of rotatable bonds is 5. The number of ether oxygens (including phenoxy) is 1. The average molecular weight is 279 g/mol. The summed E-state index contributed by atoms with van der Waals surface area (Å²) in [5, 5.41) is 28.2. The van der Waals surface area contributed by atoms with Gasteiger partial charge in [0, 0.05) is 23.5 Å². The highest BCUT2D eigenvalue weighted by Crippen LogP contribution is 2.26. The third-order valence-corrected chi connectivity index (χ3v) is 3.13. The van der Waals surface area contributed by atoms with Crippen LogP contribution in [-0.2, 0) is 16.0 Å².